The molecule has 112 valence electrons. The number of rotatable bonds is 4. The molecule has 1 fully saturated rings. The van der Waals surface area contributed by atoms with E-state index < -0.39 is 0 Å². The van der Waals surface area contributed by atoms with Crippen LogP contribution in [0, 0.1) is 0 Å². The summed E-state index contributed by atoms with van der Waals surface area (Å²) in [6, 6.07) is 10.0. The minimum absolute atomic E-state index is 0.251. The second-order valence-electron chi connectivity index (χ2n) is 7.36. The van der Waals surface area contributed by atoms with Gasteiger partial charge in [-0.1, -0.05) is 64.8 Å². The molecular weight excluding hydrogens is 242 g/mol. The largest absolute Gasteiger partial charge is 0.296 e. The second kappa shape index (κ2) is 6.76. The highest BCUT2D eigenvalue weighted by molar-refractivity contribution is 5.28. The lowest BCUT2D eigenvalue weighted by Gasteiger charge is -2.36. The van der Waals surface area contributed by atoms with Gasteiger partial charge in [0.1, 0.15) is 0 Å². The molecule has 1 nitrogen and oxygen atoms in total. The summed E-state index contributed by atoms with van der Waals surface area (Å²) in [6.45, 7) is 11.6. The number of hydrogen-bond acceptors (Lipinski definition) is 1. The van der Waals surface area contributed by atoms with Crippen LogP contribution in [0.3, 0.4) is 0 Å². The monoisotopic (exact) mass is 273 g/mol. The van der Waals surface area contributed by atoms with Crippen LogP contribution >= 0.6 is 0 Å². The predicted octanol–water partition coefficient (Wildman–Crippen LogP) is 5.14. The molecule has 0 saturated carbocycles. The third kappa shape index (κ3) is 4.09. The lowest BCUT2D eigenvalue weighted by molar-refractivity contribution is 0.131. The summed E-state index contributed by atoms with van der Waals surface area (Å²) in [7, 11) is 0. The summed E-state index contributed by atoms with van der Waals surface area (Å²) in [5.41, 5.74) is 3.19. The van der Waals surface area contributed by atoms with E-state index in [2.05, 4.69) is 56.9 Å². The van der Waals surface area contributed by atoms with E-state index in [0.29, 0.717) is 0 Å². The summed E-state index contributed by atoms with van der Waals surface area (Å²) < 4.78 is 0. The summed E-state index contributed by atoms with van der Waals surface area (Å²) in [5.74, 6) is 0. The Kier molecular flexibility index (Phi) is 5.26. The van der Waals surface area contributed by atoms with Gasteiger partial charge in [-0.3, -0.25) is 4.90 Å². The molecule has 0 N–H and O–H groups in total. The van der Waals surface area contributed by atoms with E-state index in [4.69, 9.17) is 0 Å². The number of hydrogen-bond donors (Lipinski definition) is 0. The molecule has 1 unspecified atom stereocenters. The first-order valence-electron chi connectivity index (χ1n) is 8.34. The molecule has 1 aliphatic rings. The zero-order valence-corrected chi connectivity index (χ0v) is 13.8. The van der Waals surface area contributed by atoms with Gasteiger partial charge in [0.05, 0.1) is 0 Å². The van der Waals surface area contributed by atoms with Crippen molar-refractivity contribution in [3.63, 3.8) is 0 Å². The van der Waals surface area contributed by atoms with Crippen molar-refractivity contribution < 1.29 is 0 Å². The van der Waals surface area contributed by atoms with Crippen molar-refractivity contribution in [3.8, 4) is 0 Å². The van der Waals surface area contributed by atoms with Gasteiger partial charge in [0.2, 0.25) is 0 Å². The molecule has 0 amide bonds. The van der Waals surface area contributed by atoms with E-state index in [1.807, 2.05) is 0 Å². The zero-order chi connectivity index (χ0) is 14.6. The molecule has 1 aromatic carbocycles. The van der Waals surface area contributed by atoms with Crippen LogP contribution in [0.4, 0.5) is 0 Å². The highest BCUT2D eigenvalue weighted by Crippen LogP contribution is 2.26. The maximum atomic E-state index is 2.72. The van der Waals surface area contributed by atoms with Crippen LogP contribution in [0.5, 0.6) is 0 Å². The van der Waals surface area contributed by atoms with E-state index >= 15 is 0 Å². The molecule has 1 saturated heterocycles. The summed E-state index contributed by atoms with van der Waals surface area (Å²) >= 11 is 0. The van der Waals surface area contributed by atoms with Crippen LogP contribution in [0.25, 0.3) is 0 Å². The summed E-state index contributed by atoms with van der Waals surface area (Å²) in [5, 5.41) is 0. The van der Waals surface area contributed by atoms with E-state index in [0.717, 1.165) is 12.6 Å². The van der Waals surface area contributed by atoms with Gasteiger partial charge in [0.25, 0.3) is 0 Å². The maximum absolute atomic E-state index is 2.72. The average molecular weight is 273 g/mol. The van der Waals surface area contributed by atoms with E-state index in [9.17, 15) is 0 Å². The highest BCUT2D eigenvalue weighted by Gasteiger charge is 2.22. The standard InChI is InChI=1S/C19H31N/c1-5-9-18-12-6-7-13-20(18)15-16-10-8-11-17(14-16)19(2,3)4/h8,10-11,14,18H,5-7,9,12-13,15H2,1-4H3. The molecule has 1 heterocycles. The van der Waals surface area contributed by atoms with Crippen LogP contribution in [0.15, 0.2) is 24.3 Å². The molecule has 0 radical (unpaired) electrons. The van der Waals surface area contributed by atoms with Gasteiger partial charge in [-0.05, 0) is 42.3 Å². The maximum Gasteiger partial charge on any atom is 0.0236 e. The SMILES string of the molecule is CCCC1CCCCN1Cc1cccc(C(C)(C)C)c1. The van der Waals surface area contributed by atoms with Crippen molar-refractivity contribution in [1.29, 1.82) is 0 Å². The Morgan fingerprint density at radius 1 is 1.20 bits per heavy atom. The van der Waals surface area contributed by atoms with Crippen molar-refractivity contribution in [2.45, 2.75) is 77.8 Å². The van der Waals surface area contributed by atoms with E-state index in [-0.39, 0.29) is 5.41 Å². The van der Waals surface area contributed by atoms with Crippen molar-refractivity contribution in [2.75, 3.05) is 6.54 Å². The fourth-order valence-electron chi connectivity index (χ4n) is 3.30. The third-order valence-electron chi connectivity index (χ3n) is 4.55. The molecule has 2 rings (SSSR count). The van der Waals surface area contributed by atoms with Crippen molar-refractivity contribution in [3.05, 3.63) is 35.4 Å². The normalized spacial score (nSPS) is 21.1. The number of piperidine rings is 1. The summed E-state index contributed by atoms with van der Waals surface area (Å²) in [4.78, 5) is 2.72. The van der Waals surface area contributed by atoms with Gasteiger partial charge in [0, 0.05) is 12.6 Å². The van der Waals surface area contributed by atoms with Gasteiger partial charge in [-0.2, -0.15) is 0 Å². The minimum atomic E-state index is 0.251. The zero-order valence-electron chi connectivity index (χ0n) is 13.8. The van der Waals surface area contributed by atoms with Gasteiger partial charge in [0.15, 0.2) is 0 Å². The lowest BCUT2D eigenvalue weighted by atomic mass is 9.86. The van der Waals surface area contributed by atoms with Gasteiger partial charge >= 0.3 is 0 Å². The smallest absolute Gasteiger partial charge is 0.0236 e. The fourth-order valence-corrected chi connectivity index (χ4v) is 3.30. The molecule has 0 spiro atoms. The quantitative estimate of drug-likeness (QED) is 0.734. The van der Waals surface area contributed by atoms with Gasteiger partial charge in [-0.25, -0.2) is 0 Å². The Morgan fingerprint density at radius 2 is 2.00 bits per heavy atom. The number of likely N-dealkylation sites (tertiary alicyclic amines) is 1. The molecule has 0 aliphatic carbocycles. The van der Waals surface area contributed by atoms with Crippen molar-refractivity contribution in [2.24, 2.45) is 0 Å². The Bertz CT molecular complexity index is 414. The van der Waals surface area contributed by atoms with Crippen LogP contribution in [-0.4, -0.2) is 17.5 Å². The van der Waals surface area contributed by atoms with Gasteiger partial charge in [-0.15, -0.1) is 0 Å². The molecule has 0 aromatic heterocycles. The van der Waals surface area contributed by atoms with E-state index in [1.165, 1.54) is 49.8 Å². The molecular formula is C19H31N. The highest BCUT2D eigenvalue weighted by atomic mass is 15.2. The first kappa shape index (κ1) is 15.6. The Labute approximate surface area is 125 Å². The van der Waals surface area contributed by atoms with Crippen molar-refractivity contribution in [1.82, 2.24) is 4.90 Å². The number of nitrogens with zero attached hydrogens (tertiary/aromatic N) is 1. The Hall–Kier alpha value is -0.820. The minimum Gasteiger partial charge on any atom is -0.296 e. The topological polar surface area (TPSA) is 3.24 Å². The predicted molar refractivity (Wildman–Crippen MR) is 88.1 cm³/mol. The Balaban J connectivity index is 2.08. The number of benzene rings is 1. The molecule has 1 aliphatic heterocycles. The molecule has 1 heteroatoms. The molecule has 20 heavy (non-hydrogen) atoms. The van der Waals surface area contributed by atoms with E-state index in [1.54, 1.807) is 0 Å². The first-order chi connectivity index (χ1) is 9.50. The van der Waals surface area contributed by atoms with Crippen LogP contribution in [0.1, 0.15) is 70.9 Å². The third-order valence-corrected chi connectivity index (χ3v) is 4.55. The van der Waals surface area contributed by atoms with Crippen LogP contribution in [-0.2, 0) is 12.0 Å². The second-order valence-corrected chi connectivity index (χ2v) is 7.36. The van der Waals surface area contributed by atoms with Crippen molar-refractivity contribution >= 4 is 0 Å². The fraction of sp³-hybridized carbons (Fsp3) is 0.684. The average Bonchev–Trinajstić information content (AvgIpc) is 2.41. The van der Waals surface area contributed by atoms with Crippen LogP contribution in [0.2, 0.25) is 0 Å². The lowest BCUT2D eigenvalue weighted by Crippen LogP contribution is -2.38. The molecule has 1 atom stereocenters. The molecule has 1 aromatic rings. The van der Waals surface area contributed by atoms with Gasteiger partial charge < -0.3 is 0 Å². The van der Waals surface area contributed by atoms with Crippen LogP contribution < -0.4 is 0 Å². The molecule has 0 bridgehead atoms. The first-order valence-corrected chi connectivity index (χ1v) is 8.34. The Morgan fingerprint density at radius 3 is 2.70 bits per heavy atom. The summed E-state index contributed by atoms with van der Waals surface area (Å²) in [6.07, 6.45) is 6.86.